The molecule has 0 unspecified atom stereocenters. The van der Waals surface area contributed by atoms with Crippen LogP contribution in [0.2, 0.25) is 5.02 Å². The molecule has 1 aliphatic rings. The predicted octanol–water partition coefficient (Wildman–Crippen LogP) is 4.92. The molecule has 0 radical (unpaired) electrons. The van der Waals surface area contributed by atoms with E-state index in [0.717, 1.165) is 5.56 Å². The molecule has 2 N–H and O–H groups in total. The van der Waals surface area contributed by atoms with Gasteiger partial charge in [-0.25, -0.2) is 4.98 Å². The second kappa shape index (κ2) is 7.14. The van der Waals surface area contributed by atoms with Crippen LogP contribution < -0.4 is 14.8 Å². The summed E-state index contributed by atoms with van der Waals surface area (Å²) in [4.78, 5) is 8.68. The minimum absolute atomic E-state index is 0.0658. The zero-order valence-electron chi connectivity index (χ0n) is 15.2. The highest BCUT2D eigenvalue weighted by Crippen LogP contribution is 2.42. The molecule has 5 rings (SSSR count). The summed E-state index contributed by atoms with van der Waals surface area (Å²) in [5.74, 6) is 2.07. The van der Waals surface area contributed by atoms with Crippen LogP contribution in [0.3, 0.4) is 0 Å². The third-order valence-electron chi connectivity index (χ3n) is 4.84. The number of ether oxygens (including phenoxy) is 2. The zero-order valence-corrected chi connectivity index (χ0v) is 15.9. The molecule has 1 atom stereocenters. The number of rotatable bonds is 4. The van der Waals surface area contributed by atoms with E-state index in [0.29, 0.717) is 38.8 Å². The fourth-order valence-corrected chi connectivity index (χ4v) is 3.73. The van der Waals surface area contributed by atoms with Gasteiger partial charge >= 0.3 is 0 Å². The lowest BCUT2D eigenvalue weighted by Gasteiger charge is -2.22. The third kappa shape index (κ3) is 3.17. The average Bonchev–Trinajstić information content (AvgIpc) is 3.23. The molecule has 2 aromatic heterocycles. The van der Waals surface area contributed by atoms with E-state index in [9.17, 15) is 5.11 Å². The van der Waals surface area contributed by atoms with Crippen LogP contribution in [0.5, 0.6) is 17.2 Å². The van der Waals surface area contributed by atoms with Gasteiger partial charge in [-0.3, -0.25) is 4.98 Å². The molecule has 0 aliphatic carbocycles. The summed E-state index contributed by atoms with van der Waals surface area (Å²) in [7, 11) is 0. The number of halogens is 1. The van der Waals surface area contributed by atoms with E-state index < -0.39 is 6.04 Å². The van der Waals surface area contributed by atoms with Crippen LogP contribution in [0, 0.1) is 0 Å². The highest BCUT2D eigenvalue weighted by atomic mass is 35.5. The second-order valence-corrected chi connectivity index (χ2v) is 7.01. The number of phenols is 1. The lowest BCUT2D eigenvalue weighted by Crippen LogP contribution is -2.14. The minimum Gasteiger partial charge on any atom is -0.505 e. The lowest BCUT2D eigenvalue weighted by molar-refractivity contribution is 0.174. The van der Waals surface area contributed by atoms with E-state index in [1.807, 2.05) is 42.5 Å². The fraction of sp³-hybridized carbons (Fsp3) is 0.0909. The Balaban J connectivity index is 1.68. The normalized spacial score (nSPS) is 13.4. The molecule has 1 aliphatic heterocycles. The van der Waals surface area contributed by atoms with Gasteiger partial charge in [0.1, 0.15) is 17.1 Å². The van der Waals surface area contributed by atoms with Crippen LogP contribution in [0.25, 0.3) is 10.9 Å². The number of hydrogen-bond donors (Lipinski definition) is 2. The molecule has 0 fully saturated rings. The highest BCUT2D eigenvalue weighted by Gasteiger charge is 2.24. The van der Waals surface area contributed by atoms with Gasteiger partial charge in [0.2, 0.25) is 6.79 Å². The van der Waals surface area contributed by atoms with Gasteiger partial charge in [-0.05, 0) is 48.0 Å². The SMILES string of the molecule is Oc1c([C@H](Nc2ccccn2)c2ccc3c(c2)OCO3)cc(Cl)c2cccnc12. The highest BCUT2D eigenvalue weighted by molar-refractivity contribution is 6.35. The van der Waals surface area contributed by atoms with E-state index in [-0.39, 0.29) is 12.5 Å². The monoisotopic (exact) mass is 405 g/mol. The number of pyridine rings is 2. The first-order valence-corrected chi connectivity index (χ1v) is 9.42. The van der Waals surface area contributed by atoms with Gasteiger partial charge in [0, 0.05) is 23.3 Å². The molecule has 0 spiro atoms. The number of nitrogens with zero attached hydrogens (tertiary/aromatic N) is 2. The van der Waals surface area contributed by atoms with Crippen molar-refractivity contribution in [3.63, 3.8) is 0 Å². The van der Waals surface area contributed by atoms with Crippen molar-refractivity contribution in [2.45, 2.75) is 6.04 Å². The number of phenolic OH excluding ortho intramolecular Hbond substituents is 1. The van der Waals surface area contributed by atoms with Crippen molar-refractivity contribution in [3.05, 3.63) is 83.1 Å². The van der Waals surface area contributed by atoms with E-state index in [4.69, 9.17) is 21.1 Å². The van der Waals surface area contributed by atoms with Crippen molar-refractivity contribution in [3.8, 4) is 17.2 Å². The second-order valence-electron chi connectivity index (χ2n) is 6.60. The molecule has 3 heterocycles. The molecule has 7 heteroatoms. The summed E-state index contributed by atoms with van der Waals surface area (Å²) < 4.78 is 11.0. The molecule has 6 nitrogen and oxygen atoms in total. The molecule has 2 aromatic carbocycles. The first kappa shape index (κ1) is 17.6. The number of aromatic hydroxyl groups is 1. The summed E-state index contributed by atoms with van der Waals surface area (Å²) in [5, 5.41) is 15.6. The Hall–Kier alpha value is -3.51. The van der Waals surface area contributed by atoms with Crippen LogP contribution >= 0.6 is 11.6 Å². The van der Waals surface area contributed by atoms with Crippen molar-refractivity contribution in [2.24, 2.45) is 0 Å². The Morgan fingerprint density at radius 3 is 2.69 bits per heavy atom. The number of anilines is 1. The maximum atomic E-state index is 11.0. The fourth-order valence-electron chi connectivity index (χ4n) is 3.46. The van der Waals surface area contributed by atoms with Crippen LogP contribution in [0.15, 0.2) is 67.0 Å². The van der Waals surface area contributed by atoms with Gasteiger partial charge in [-0.15, -0.1) is 0 Å². The summed E-state index contributed by atoms with van der Waals surface area (Å²) in [6.45, 7) is 0.189. The Kier molecular flexibility index (Phi) is 4.33. The topological polar surface area (TPSA) is 76.5 Å². The van der Waals surface area contributed by atoms with Crippen LogP contribution in [-0.4, -0.2) is 21.9 Å². The Bertz CT molecular complexity index is 1200. The van der Waals surface area contributed by atoms with E-state index in [2.05, 4.69) is 15.3 Å². The molecule has 4 aromatic rings. The molecule has 0 saturated heterocycles. The average molecular weight is 406 g/mol. The number of nitrogens with one attached hydrogen (secondary N) is 1. The van der Waals surface area contributed by atoms with Gasteiger partial charge in [0.05, 0.1) is 11.1 Å². The maximum Gasteiger partial charge on any atom is 0.231 e. The summed E-state index contributed by atoms with van der Waals surface area (Å²) >= 11 is 6.52. The first-order chi connectivity index (χ1) is 14.2. The standard InChI is InChI=1S/C22H16ClN3O3/c23-16-11-15(22(27)21-14(16)4-3-9-25-21)20(26-19-5-1-2-8-24-19)13-6-7-17-18(10-13)29-12-28-17/h1-11,20,27H,12H2,(H,24,26)/t20-/m1/s1. The number of fused-ring (bicyclic) bond motifs is 2. The Labute approximate surface area is 171 Å². The number of hydrogen-bond acceptors (Lipinski definition) is 6. The summed E-state index contributed by atoms with van der Waals surface area (Å²) in [5.41, 5.74) is 1.90. The molecular formula is C22H16ClN3O3. The van der Waals surface area contributed by atoms with Crippen molar-refractivity contribution >= 4 is 28.3 Å². The minimum atomic E-state index is -0.441. The largest absolute Gasteiger partial charge is 0.505 e. The molecule has 144 valence electrons. The summed E-state index contributed by atoms with van der Waals surface area (Å²) in [6.07, 6.45) is 3.33. The van der Waals surface area contributed by atoms with Gasteiger partial charge in [0.25, 0.3) is 0 Å². The van der Waals surface area contributed by atoms with Gasteiger partial charge in [-0.2, -0.15) is 0 Å². The molecule has 0 bridgehead atoms. The van der Waals surface area contributed by atoms with E-state index in [1.165, 1.54) is 0 Å². The van der Waals surface area contributed by atoms with Crippen molar-refractivity contribution in [2.75, 3.05) is 12.1 Å². The number of benzene rings is 2. The van der Waals surface area contributed by atoms with Crippen molar-refractivity contribution in [1.82, 2.24) is 9.97 Å². The van der Waals surface area contributed by atoms with E-state index >= 15 is 0 Å². The van der Waals surface area contributed by atoms with Gasteiger partial charge in [-0.1, -0.05) is 23.7 Å². The van der Waals surface area contributed by atoms with Crippen LogP contribution in [0.1, 0.15) is 17.2 Å². The van der Waals surface area contributed by atoms with E-state index in [1.54, 1.807) is 24.5 Å². The molecule has 0 saturated carbocycles. The molecular weight excluding hydrogens is 390 g/mol. The van der Waals surface area contributed by atoms with Crippen molar-refractivity contribution in [1.29, 1.82) is 0 Å². The van der Waals surface area contributed by atoms with Gasteiger partial charge in [0.15, 0.2) is 11.5 Å². The number of aromatic nitrogens is 2. The predicted molar refractivity (Wildman–Crippen MR) is 111 cm³/mol. The quantitative estimate of drug-likeness (QED) is 0.502. The zero-order chi connectivity index (χ0) is 19.8. The van der Waals surface area contributed by atoms with Crippen molar-refractivity contribution < 1.29 is 14.6 Å². The Morgan fingerprint density at radius 1 is 0.966 bits per heavy atom. The molecule has 0 amide bonds. The van der Waals surface area contributed by atoms with Gasteiger partial charge < -0.3 is 19.9 Å². The first-order valence-electron chi connectivity index (χ1n) is 9.04. The maximum absolute atomic E-state index is 11.0. The smallest absolute Gasteiger partial charge is 0.231 e. The van der Waals surface area contributed by atoms with Crippen LogP contribution in [-0.2, 0) is 0 Å². The van der Waals surface area contributed by atoms with Crippen LogP contribution in [0.4, 0.5) is 5.82 Å². The summed E-state index contributed by atoms with van der Waals surface area (Å²) in [6, 6.07) is 16.2. The molecule has 29 heavy (non-hydrogen) atoms. The third-order valence-corrected chi connectivity index (χ3v) is 5.16. The lowest BCUT2D eigenvalue weighted by atomic mass is 9.95. The Morgan fingerprint density at radius 2 is 1.83 bits per heavy atom.